The van der Waals surface area contributed by atoms with Gasteiger partial charge in [0.15, 0.2) is 0 Å². The van der Waals surface area contributed by atoms with Crippen molar-refractivity contribution in [1.82, 2.24) is 5.32 Å². The highest BCUT2D eigenvalue weighted by Gasteiger charge is 2.28. The molecule has 0 aromatic carbocycles. The smallest absolute Gasteiger partial charge is 0.220 e. The van der Waals surface area contributed by atoms with Gasteiger partial charge in [-0.25, -0.2) is 0 Å². The third-order valence-corrected chi connectivity index (χ3v) is 3.41. The van der Waals surface area contributed by atoms with Gasteiger partial charge in [-0.3, -0.25) is 4.79 Å². The molecule has 1 aliphatic carbocycles. The van der Waals surface area contributed by atoms with Gasteiger partial charge in [-0.2, -0.15) is 0 Å². The second-order valence-electron chi connectivity index (χ2n) is 4.78. The number of aliphatic hydroxyl groups excluding tert-OH is 1. The molecule has 4 heteroatoms. The van der Waals surface area contributed by atoms with E-state index in [1.54, 1.807) is 0 Å². The van der Waals surface area contributed by atoms with Gasteiger partial charge >= 0.3 is 0 Å². The van der Waals surface area contributed by atoms with Crippen LogP contribution < -0.4 is 11.1 Å². The van der Waals surface area contributed by atoms with E-state index < -0.39 is 0 Å². The molecule has 1 rings (SSSR count). The first-order valence-corrected chi connectivity index (χ1v) is 6.33. The fourth-order valence-electron chi connectivity index (χ4n) is 2.13. The average molecular weight is 228 g/mol. The molecule has 1 fully saturated rings. The lowest BCUT2D eigenvalue weighted by Gasteiger charge is -2.32. The molecule has 1 unspecified atom stereocenters. The summed E-state index contributed by atoms with van der Waals surface area (Å²) >= 11 is 0. The van der Waals surface area contributed by atoms with Crippen LogP contribution in [0.2, 0.25) is 0 Å². The maximum absolute atomic E-state index is 11.6. The lowest BCUT2D eigenvalue weighted by Crippen LogP contribution is -2.46. The summed E-state index contributed by atoms with van der Waals surface area (Å²) in [5.41, 5.74) is 5.51. The molecule has 4 nitrogen and oxygen atoms in total. The predicted octanol–water partition coefficient (Wildman–Crippen LogP) is 0.781. The molecule has 0 aromatic heterocycles. The van der Waals surface area contributed by atoms with E-state index in [1.165, 1.54) is 0 Å². The lowest BCUT2D eigenvalue weighted by molar-refractivity contribution is -0.123. The maximum Gasteiger partial charge on any atom is 0.220 e. The Kier molecular flexibility index (Phi) is 5.77. The maximum atomic E-state index is 11.6. The van der Waals surface area contributed by atoms with Crippen LogP contribution in [0.1, 0.15) is 45.4 Å². The summed E-state index contributed by atoms with van der Waals surface area (Å²) < 4.78 is 0. The average Bonchev–Trinajstić information content (AvgIpc) is 2.22. The summed E-state index contributed by atoms with van der Waals surface area (Å²) in [6.45, 7) is 2.84. The second kappa shape index (κ2) is 6.86. The number of hydrogen-bond donors (Lipinski definition) is 3. The molecule has 0 heterocycles. The Labute approximate surface area is 97.6 Å². The Bertz CT molecular complexity index is 215. The SMILES string of the molecule is CCC(CCN)CCC(=O)NC1CC(O)C1. The van der Waals surface area contributed by atoms with Crippen LogP contribution in [0.4, 0.5) is 0 Å². The van der Waals surface area contributed by atoms with Crippen molar-refractivity contribution >= 4 is 5.91 Å². The summed E-state index contributed by atoms with van der Waals surface area (Å²) in [6.07, 6.45) is 4.83. The third kappa shape index (κ3) is 4.49. The molecule has 1 atom stereocenters. The fraction of sp³-hybridized carbons (Fsp3) is 0.917. The third-order valence-electron chi connectivity index (χ3n) is 3.41. The molecular weight excluding hydrogens is 204 g/mol. The number of carbonyl (C=O) groups excluding carboxylic acids is 1. The van der Waals surface area contributed by atoms with Crippen LogP contribution in [0, 0.1) is 5.92 Å². The predicted molar refractivity (Wildman–Crippen MR) is 63.9 cm³/mol. The van der Waals surface area contributed by atoms with E-state index in [1.807, 2.05) is 0 Å². The number of amides is 1. The van der Waals surface area contributed by atoms with E-state index in [-0.39, 0.29) is 18.1 Å². The minimum absolute atomic E-state index is 0.118. The van der Waals surface area contributed by atoms with E-state index in [4.69, 9.17) is 10.8 Å². The molecule has 1 saturated carbocycles. The van der Waals surface area contributed by atoms with Crippen molar-refractivity contribution in [3.63, 3.8) is 0 Å². The molecule has 1 amide bonds. The van der Waals surface area contributed by atoms with Crippen molar-refractivity contribution in [2.75, 3.05) is 6.54 Å². The summed E-state index contributed by atoms with van der Waals surface area (Å²) in [7, 11) is 0. The van der Waals surface area contributed by atoms with Gasteiger partial charge in [-0.1, -0.05) is 13.3 Å². The Morgan fingerprint density at radius 1 is 1.50 bits per heavy atom. The van der Waals surface area contributed by atoms with Gasteiger partial charge in [0.1, 0.15) is 0 Å². The first kappa shape index (κ1) is 13.5. The second-order valence-corrected chi connectivity index (χ2v) is 4.78. The Morgan fingerprint density at radius 3 is 2.69 bits per heavy atom. The van der Waals surface area contributed by atoms with Gasteiger partial charge in [0, 0.05) is 12.5 Å². The zero-order valence-electron chi connectivity index (χ0n) is 10.1. The number of rotatable bonds is 7. The Hall–Kier alpha value is -0.610. The van der Waals surface area contributed by atoms with Crippen molar-refractivity contribution in [3.05, 3.63) is 0 Å². The van der Waals surface area contributed by atoms with Crippen LogP contribution >= 0.6 is 0 Å². The van der Waals surface area contributed by atoms with Gasteiger partial charge in [0.25, 0.3) is 0 Å². The fourth-order valence-corrected chi connectivity index (χ4v) is 2.13. The van der Waals surface area contributed by atoms with Crippen molar-refractivity contribution in [2.45, 2.75) is 57.6 Å². The highest BCUT2D eigenvalue weighted by atomic mass is 16.3. The minimum Gasteiger partial charge on any atom is -0.393 e. The number of carbonyl (C=O) groups is 1. The Morgan fingerprint density at radius 2 is 2.19 bits per heavy atom. The molecular formula is C12H24N2O2. The van der Waals surface area contributed by atoms with Crippen molar-refractivity contribution in [3.8, 4) is 0 Å². The molecule has 4 N–H and O–H groups in total. The highest BCUT2D eigenvalue weighted by Crippen LogP contribution is 2.20. The lowest BCUT2D eigenvalue weighted by atomic mass is 9.89. The largest absolute Gasteiger partial charge is 0.393 e. The van der Waals surface area contributed by atoms with Crippen LogP contribution in [-0.2, 0) is 4.79 Å². The van der Waals surface area contributed by atoms with Crippen LogP contribution in [-0.4, -0.2) is 29.7 Å². The van der Waals surface area contributed by atoms with E-state index in [0.29, 0.717) is 31.7 Å². The molecule has 0 aliphatic heterocycles. The molecule has 0 bridgehead atoms. The molecule has 94 valence electrons. The first-order valence-electron chi connectivity index (χ1n) is 6.33. The minimum atomic E-state index is -0.203. The molecule has 0 saturated heterocycles. The monoisotopic (exact) mass is 228 g/mol. The quantitative estimate of drug-likeness (QED) is 0.603. The van der Waals surface area contributed by atoms with Gasteiger partial charge in [0.2, 0.25) is 5.91 Å². The van der Waals surface area contributed by atoms with Crippen molar-refractivity contribution in [1.29, 1.82) is 0 Å². The topological polar surface area (TPSA) is 75.4 Å². The van der Waals surface area contributed by atoms with Gasteiger partial charge in [0.05, 0.1) is 6.10 Å². The zero-order valence-corrected chi connectivity index (χ0v) is 10.1. The number of nitrogens with one attached hydrogen (secondary N) is 1. The van der Waals surface area contributed by atoms with E-state index >= 15 is 0 Å². The molecule has 0 radical (unpaired) electrons. The normalized spacial score (nSPS) is 25.9. The number of hydrogen-bond acceptors (Lipinski definition) is 3. The van der Waals surface area contributed by atoms with Gasteiger partial charge in [-0.15, -0.1) is 0 Å². The van der Waals surface area contributed by atoms with Gasteiger partial charge < -0.3 is 16.2 Å². The van der Waals surface area contributed by atoms with Crippen LogP contribution in [0.3, 0.4) is 0 Å². The highest BCUT2D eigenvalue weighted by molar-refractivity contribution is 5.76. The molecule has 0 aromatic rings. The standard InChI is InChI=1S/C12H24N2O2/c1-2-9(5-6-13)3-4-12(16)14-10-7-11(15)8-10/h9-11,15H,2-8,13H2,1H3,(H,14,16). The summed E-state index contributed by atoms with van der Waals surface area (Å²) in [5.74, 6) is 0.690. The molecule has 1 aliphatic rings. The summed E-state index contributed by atoms with van der Waals surface area (Å²) in [4.78, 5) is 11.6. The summed E-state index contributed by atoms with van der Waals surface area (Å²) in [5, 5.41) is 12.0. The zero-order chi connectivity index (χ0) is 12.0. The number of aliphatic hydroxyl groups is 1. The number of nitrogens with two attached hydrogens (primary N) is 1. The Balaban J connectivity index is 2.09. The van der Waals surface area contributed by atoms with E-state index in [0.717, 1.165) is 19.3 Å². The van der Waals surface area contributed by atoms with Crippen LogP contribution in [0.15, 0.2) is 0 Å². The van der Waals surface area contributed by atoms with Crippen LogP contribution in [0.5, 0.6) is 0 Å². The summed E-state index contributed by atoms with van der Waals surface area (Å²) in [6, 6.07) is 0.206. The van der Waals surface area contributed by atoms with Crippen LogP contribution in [0.25, 0.3) is 0 Å². The van der Waals surface area contributed by atoms with E-state index in [2.05, 4.69) is 12.2 Å². The first-order chi connectivity index (χ1) is 7.65. The molecule has 16 heavy (non-hydrogen) atoms. The van der Waals surface area contributed by atoms with Crippen molar-refractivity contribution < 1.29 is 9.90 Å². The molecule has 0 spiro atoms. The van der Waals surface area contributed by atoms with E-state index in [9.17, 15) is 4.79 Å². The van der Waals surface area contributed by atoms with Gasteiger partial charge in [-0.05, 0) is 38.1 Å². The van der Waals surface area contributed by atoms with Crippen molar-refractivity contribution in [2.24, 2.45) is 11.7 Å².